The summed E-state index contributed by atoms with van der Waals surface area (Å²) in [5.41, 5.74) is -1.89. The van der Waals surface area contributed by atoms with E-state index in [2.05, 4.69) is 15.6 Å². The van der Waals surface area contributed by atoms with Gasteiger partial charge in [-0.2, -0.15) is 13.2 Å². The third-order valence-corrected chi connectivity index (χ3v) is 2.18. The molecule has 0 spiro atoms. The van der Waals surface area contributed by atoms with Crippen LogP contribution in [0.3, 0.4) is 0 Å². The predicted octanol–water partition coefficient (Wildman–Crippen LogP) is 1.35. The first kappa shape index (κ1) is 15.9. The molecule has 2 amide bonds. The lowest BCUT2D eigenvalue weighted by Gasteiger charge is -2.12. The van der Waals surface area contributed by atoms with Gasteiger partial charge >= 0.3 is 6.18 Å². The molecule has 1 rings (SSSR count). The topological polar surface area (TPSA) is 71.1 Å². The van der Waals surface area contributed by atoms with E-state index in [1.165, 1.54) is 6.07 Å². The molecule has 110 valence electrons. The molecule has 5 nitrogen and oxygen atoms in total. The molecule has 2 N–H and O–H groups in total. The van der Waals surface area contributed by atoms with Crippen molar-refractivity contribution in [3.8, 4) is 0 Å². The highest BCUT2D eigenvalue weighted by molar-refractivity contribution is 5.97. The van der Waals surface area contributed by atoms with Gasteiger partial charge in [0, 0.05) is 12.2 Å². The average Bonchev–Trinajstić information content (AvgIpc) is 2.34. The van der Waals surface area contributed by atoms with Crippen LogP contribution in [0.2, 0.25) is 0 Å². The van der Waals surface area contributed by atoms with Gasteiger partial charge in [0.25, 0.3) is 5.91 Å². The minimum Gasteiger partial charge on any atom is -0.352 e. The van der Waals surface area contributed by atoms with Crippen molar-refractivity contribution in [1.29, 1.82) is 0 Å². The van der Waals surface area contributed by atoms with Crippen molar-refractivity contribution in [2.45, 2.75) is 26.1 Å². The summed E-state index contributed by atoms with van der Waals surface area (Å²) >= 11 is 0. The van der Waals surface area contributed by atoms with Crippen LogP contribution in [0.25, 0.3) is 0 Å². The second kappa shape index (κ2) is 6.36. The number of carbonyl (C=O) groups is 2. The van der Waals surface area contributed by atoms with Crippen molar-refractivity contribution in [1.82, 2.24) is 15.6 Å². The SMILES string of the molecule is CC(C)NC(=O)CNC(=O)c1cccnc1C(F)(F)F. The quantitative estimate of drug-likeness (QED) is 0.879. The van der Waals surface area contributed by atoms with Gasteiger partial charge in [-0.05, 0) is 26.0 Å². The maximum Gasteiger partial charge on any atom is 0.434 e. The Morgan fingerprint density at radius 2 is 2.00 bits per heavy atom. The fourth-order valence-electron chi connectivity index (χ4n) is 1.44. The van der Waals surface area contributed by atoms with Crippen LogP contribution in [-0.2, 0) is 11.0 Å². The van der Waals surface area contributed by atoms with Crippen LogP contribution < -0.4 is 10.6 Å². The second-order valence-corrected chi connectivity index (χ2v) is 4.30. The Kier molecular flexibility index (Phi) is 5.06. The summed E-state index contributed by atoms with van der Waals surface area (Å²) in [6.07, 6.45) is -3.78. The molecule has 0 aliphatic heterocycles. The van der Waals surface area contributed by atoms with Crippen molar-refractivity contribution in [2.24, 2.45) is 0 Å². The van der Waals surface area contributed by atoms with Crippen LogP contribution >= 0.6 is 0 Å². The lowest BCUT2D eigenvalue weighted by Crippen LogP contribution is -2.40. The molecule has 1 aromatic rings. The monoisotopic (exact) mass is 289 g/mol. The molecular weight excluding hydrogens is 275 g/mol. The summed E-state index contributed by atoms with van der Waals surface area (Å²) in [6, 6.07) is 2.10. The lowest BCUT2D eigenvalue weighted by atomic mass is 10.1. The highest BCUT2D eigenvalue weighted by Gasteiger charge is 2.36. The van der Waals surface area contributed by atoms with Crippen molar-refractivity contribution in [3.05, 3.63) is 29.6 Å². The fourth-order valence-corrected chi connectivity index (χ4v) is 1.44. The number of halogens is 3. The standard InChI is InChI=1S/C12H14F3N3O2/c1-7(2)18-9(19)6-17-11(20)8-4-3-5-16-10(8)12(13,14)15/h3-5,7H,6H2,1-2H3,(H,17,20)(H,18,19). The van der Waals surface area contributed by atoms with Gasteiger partial charge < -0.3 is 10.6 Å². The first-order valence-corrected chi connectivity index (χ1v) is 5.81. The van der Waals surface area contributed by atoms with Gasteiger partial charge in [-0.3, -0.25) is 14.6 Å². The van der Waals surface area contributed by atoms with Crippen molar-refractivity contribution in [3.63, 3.8) is 0 Å². The van der Waals surface area contributed by atoms with Crippen molar-refractivity contribution >= 4 is 11.8 Å². The van der Waals surface area contributed by atoms with E-state index in [0.29, 0.717) is 0 Å². The first-order valence-electron chi connectivity index (χ1n) is 5.81. The summed E-state index contributed by atoms with van der Waals surface area (Å²) in [4.78, 5) is 26.1. The Morgan fingerprint density at radius 3 is 2.55 bits per heavy atom. The molecule has 0 saturated carbocycles. The van der Waals surface area contributed by atoms with Gasteiger partial charge in [0.15, 0.2) is 5.69 Å². The number of amides is 2. The van der Waals surface area contributed by atoms with Gasteiger partial charge in [0.1, 0.15) is 0 Å². The molecule has 0 atom stereocenters. The number of hydrogen-bond donors (Lipinski definition) is 2. The molecule has 0 aliphatic carbocycles. The van der Waals surface area contributed by atoms with E-state index >= 15 is 0 Å². The van der Waals surface area contributed by atoms with Crippen molar-refractivity contribution < 1.29 is 22.8 Å². The number of alkyl halides is 3. The zero-order chi connectivity index (χ0) is 15.3. The highest BCUT2D eigenvalue weighted by atomic mass is 19.4. The number of hydrogen-bond acceptors (Lipinski definition) is 3. The van der Waals surface area contributed by atoms with Gasteiger partial charge in [-0.15, -0.1) is 0 Å². The van der Waals surface area contributed by atoms with Crippen LogP contribution in [0.5, 0.6) is 0 Å². The number of rotatable bonds is 4. The zero-order valence-corrected chi connectivity index (χ0v) is 10.9. The van der Waals surface area contributed by atoms with Gasteiger partial charge in [-0.1, -0.05) is 0 Å². The molecule has 0 saturated heterocycles. The molecule has 20 heavy (non-hydrogen) atoms. The molecule has 0 fully saturated rings. The zero-order valence-electron chi connectivity index (χ0n) is 10.9. The molecule has 0 aliphatic rings. The van der Waals surface area contributed by atoms with Crippen LogP contribution in [0, 0.1) is 0 Å². The Bertz CT molecular complexity index is 501. The Morgan fingerprint density at radius 1 is 1.35 bits per heavy atom. The van der Waals surface area contributed by atoms with E-state index in [0.717, 1.165) is 12.3 Å². The molecule has 0 unspecified atom stereocenters. The fraction of sp³-hybridized carbons (Fsp3) is 0.417. The van der Waals surface area contributed by atoms with Crippen LogP contribution in [-0.4, -0.2) is 29.4 Å². The predicted molar refractivity (Wildman–Crippen MR) is 64.9 cm³/mol. The number of aromatic nitrogens is 1. The van der Waals surface area contributed by atoms with E-state index < -0.39 is 35.8 Å². The largest absolute Gasteiger partial charge is 0.434 e. The van der Waals surface area contributed by atoms with Gasteiger partial charge in [0.2, 0.25) is 5.91 Å². The molecule has 1 aromatic heterocycles. The third kappa shape index (κ3) is 4.52. The van der Waals surface area contributed by atoms with E-state index in [-0.39, 0.29) is 6.04 Å². The van der Waals surface area contributed by atoms with Crippen LogP contribution in [0.1, 0.15) is 29.9 Å². The summed E-state index contributed by atoms with van der Waals surface area (Å²) in [5, 5.41) is 4.63. The number of nitrogens with one attached hydrogen (secondary N) is 2. The average molecular weight is 289 g/mol. The Hall–Kier alpha value is -2.12. The first-order chi connectivity index (χ1) is 9.21. The highest BCUT2D eigenvalue weighted by Crippen LogP contribution is 2.29. The molecule has 0 aromatic carbocycles. The molecule has 1 heterocycles. The summed E-state index contributed by atoms with van der Waals surface area (Å²) in [5.74, 6) is -1.48. The van der Waals surface area contributed by atoms with Gasteiger partial charge in [0.05, 0.1) is 12.1 Å². The van der Waals surface area contributed by atoms with E-state index in [1.807, 2.05) is 0 Å². The minimum absolute atomic E-state index is 0.122. The lowest BCUT2D eigenvalue weighted by molar-refractivity contribution is -0.141. The van der Waals surface area contributed by atoms with E-state index in [4.69, 9.17) is 0 Å². The second-order valence-electron chi connectivity index (χ2n) is 4.30. The Balaban J connectivity index is 2.76. The number of carbonyl (C=O) groups excluding carboxylic acids is 2. The van der Waals surface area contributed by atoms with E-state index in [9.17, 15) is 22.8 Å². The van der Waals surface area contributed by atoms with Crippen LogP contribution in [0.4, 0.5) is 13.2 Å². The van der Waals surface area contributed by atoms with Gasteiger partial charge in [-0.25, -0.2) is 0 Å². The maximum atomic E-state index is 12.7. The summed E-state index contributed by atoms with van der Waals surface area (Å²) < 4.78 is 38.0. The molecule has 8 heteroatoms. The molecule has 0 radical (unpaired) electrons. The number of nitrogens with zero attached hydrogens (tertiary/aromatic N) is 1. The normalized spacial score (nSPS) is 11.3. The smallest absolute Gasteiger partial charge is 0.352 e. The van der Waals surface area contributed by atoms with Crippen LogP contribution in [0.15, 0.2) is 18.3 Å². The summed E-state index contributed by atoms with van der Waals surface area (Å²) in [6.45, 7) is 3.05. The molecule has 0 bridgehead atoms. The maximum absolute atomic E-state index is 12.7. The number of pyridine rings is 1. The van der Waals surface area contributed by atoms with E-state index in [1.54, 1.807) is 13.8 Å². The Labute approximate surface area is 113 Å². The summed E-state index contributed by atoms with van der Waals surface area (Å²) in [7, 11) is 0. The third-order valence-electron chi connectivity index (χ3n) is 2.18. The minimum atomic E-state index is -4.73. The molecular formula is C12H14F3N3O2. The van der Waals surface area contributed by atoms with Crippen molar-refractivity contribution in [2.75, 3.05) is 6.54 Å².